The fraction of sp³-hybridized carbons (Fsp3) is 0.0769. The number of ether oxygens (including phenoxy) is 1. The molecule has 4 nitrogen and oxygen atoms in total. The van der Waals surface area contributed by atoms with Crippen LogP contribution in [0.5, 0.6) is 11.6 Å². The summed E-state index contributed by atoms with van der Waals surface area (Å²) in [7, 11) is 0. The van der Waals surface area contributed by atoms with Crippen molar-refractivity contribution in [1.29, 1.82) is 0 Å². The summed E-state index contributed by atoms with van der Waals surface area (Å²) >= 11 is 0. The van der Waals surface area contributed by atoms with Gasteiger partial charge in [0, 0.05) is 12.3 Å². The first-order valence-corrected chi connectivity index (χ1v) is 5.45. The average molecular weight is 283 g/mol. The molecule has 0 aliphatic rings. The van der Waals surface area contributed by atoms with Crippen LogP contribution in [0.2, 0.25) is 0 Å². The lowest BCUT2D eigenvalue weighted by Crippen LogP contribution is -2.02. The van der Waals surface area contributed by atoms with Crippen molar-refractivity contribution >= 4 is 5.97 Å². The van der Waals surface area contributed by atoms with Crippen LogP contribution in [0.4, 0.5) is 13.2 Å². The van der Waals surface area contributed by atoms with E-state index in [4.69, 9.17) is 9.84 Å². The average Bonchev–Trinajstić information content (AvgIpc) is 2.36. The maximum Gasteiger partial charge on any atom is 0.307 e. The fourth-order valence-electron chi connectivity index (χ4n) is 1.46. The molecule has 2 aromatic rings. The van der Waals surface area contributed by atoms with Crippen LogP contribution in [-0.2, 0) is 11.2 Å². The van der Waals surface area contributed by atoms with E-state index in [2.05, 4.69) is 4.98 Å². The smallest absolute Gasteiger partial charge is 0.307 e. The lowest BCUT2D eigenvalue weighted by atomic mass is 10.2. The van der Waals surface area contributed by atoms with Crippen LogP contribution in [0.3, 0.4) is 0 Å². The SMILES string of the molecule is O=C(O)Cc1cnc(Oc2ccc(F)c(F)c2)c(F)c1. The largest absolute Gasteiger partial charge is 0.481 e. The number of hydrogen-bond donors (Lipinski definition) is 1. The van der Waals surface area contributed by atoms with Gasteiger partial charge in [-0.1, -0.05) is 0 Å². The summed E-state index contributed by atoms with van der Waals surface area (Å²) in [6.07, 6.45) is 0.752. The van der Waals surface area contributed by atoms with E-state index in [-0.39, 0.29) is 17.7 Å². The standard InChI is InChI=1S/C13H8F3NO3/c14-9-2-1-8(5-10(9)15)20-13-11(16)3-7(6-17-13)4-12(18)19/h1-3,5-6H,4H2,(H,18,19). The second-order valence-electron chi connectivity index (χ2n) is 3.88. The number of benzene rings is 1. The first-order chi connectivity index (χ1) is 9.45. The summed E-state index contributed by atoms with van der Waals surface area (Å²) < 4.78 is 44.3. The predicted octanol–water partition coefficient (Wildman–Crippen LogP) is 2.92. The molecule has 1 aromatic carbocycles. The Hall–Kier alpha value is -2.57. The Morgan fingerprint density at radius 1 is 1.15 bits per heavy atom. The van der Waals surface area contributed by atoms with Crippen LogP contribution in [0.15, 0.2) is 30.5 Å². The number of halogens is 3. The molecule has 0 fully saturated rings. The number of carbonyl (C=O) groups is 1. The van der Waals surface area contributed by atoms with Crippen LogP contribution >= 0.6 is 0 Å². The molecule has 0 amide bonds. The third kappa shape index (κ3) is 3.25. The Kier molecular flexibility index (Phi) is 3.88. The van der Waals surface area contributed by atoms with Gasteiger partial charge in [0.15, 0.2) is 17.5 Å². The molecule has 0 saturated heterocycles. The molecule has 7 heteroatoms. The highest BCUT2D eigenvalue weighted by molar-refractivity contribution is 5.70. The maximum absolute atomic E-state index is 13.6. The minimum absolute atomic E-state index is 0.124. The molecule has 0 unspecified atom stereocenters. The van der Waals surface area contributed by atoms with Gasteiger partial charge in [-0.25, -0.2) is 18.2 Å². The molecule has 0 aliphatic carbocycles. The molecule has 1 heterocycles. The van der Waals surface area contributed by atoms with E-state index >= 15 is 0 Å². The summed E-state index contributed by atoms with van der Waals surface area (Å²) in [6.45, 7) is 0. The number of carboxylic acids is 1. The molecule has 20 heavy (non-hydrogen) atoms. The van der Waals surface area contributed by atoms with Crippen LogP contribution < -0.4 is 4.74 Å². The Balaban J connectivity index is 2.21. The summed E-state index contributed by atoms with van der Waals surface area (Å²) in [6, 6.07) is 3.66. The monoisotopic (exact) mass is 283 g/mol. The van der Waals surface area contributed by atoms with Crippen LogP contribution in [0.1, 0.15) is 5.56 Å². The van der Waals surface area contributed by atoms with Crippen molar-refractivity contribution in [2.24, 2.45) is 0 Å². The Bertz CT molecular complexity index is 661. The van der Waals surface area contributed by atoms with E-state index in [1.165, 1.54) is 0 Å². The van der Waals surface area contributed by atoms with Crippen LogP contribution in [-0.4, -0.2) is 16.1 Å². The van der Waals surface area contributed by atoms with Gasteiger partial charge >= 0.3 is 5.97 Å². The number of pyridine rings is 1. The molecule has 0 aliphatic heterocycles. The predicted molar refractivity (Wildman–Crippen MR) is 62.0 cm³/mol. The van der Waals surface area contributed by atoms with Crippen molar-refractivity contribution in [3.63, 3.8) is 0 Å². The highest BCUT2D eigenvalue weighted by atomic mass is 19.2. The van der Waals surface area contributed by atoms with Gasteiger partial charge in [0.2, 0.25) is 0 Å². The highest BCUT2D eigenvalue weighted by Gasteiger charge is 2.11. The van der Waals surface area contributed by atoms with Gasteiger partial charge in [-0.3, -0.25) is 4.79 Å². The topological polar surface area (TPSA) is 59.4 Å². The van der Waals surface area contributed by atoms with Gasteiger partial charge in [0.05, 0.1) is 6.42 Å². The molecule has 2 rings (SSSR count). The number of carboxylic acid groups (broad SMARTS) is 1. The molecule has 104 valence electrons. The molecular weight excluding hydrogens is 275 g/mol. The third-order valence-electron chi connectivity index (χ3n) is 2.32. The molecule has 0 atom stereocenters. The van der Waals surface area contributed by atoms with E-state index < -0.39 is 29.3 Å². The number of rotatable bonds is 4. The molecular formula is C13H8F3NO3. The van der Waals surface area contributed by atoms with Crippen molar-refractivity contribution in [2.75, 3.05) is 0 Å². The van der Waals surface area contributed by atoms with Crippen molar-refractivity contribution < 1.29 is 27.8 Å². The molecule has 1 aromatic heterocycles. The zero-order chi connectivity index (χ0) is 14.7. The number of aliphatic carboxylic acids is 1. The van der Waals surface area contributed by atoms with Gasteiger partial charge in [0.1, 0.15) is 5.75 Å². The first-order valence-electron chi connectivity index (χ1n) is 5.45. The summed E-state index contributed by atoms with van der Waals surface area (Å²) in [4.78, 5) is 14.1. The number of nitrogens with zero attached hydrogens (tertiary/aromatic N) is 1. The van der Waals surface area contributed by atoms with E-state index in [9.17, 15) is 18.0 Å². The summed E-state index contributed by atoms with van der Waals surface area (Å²) in [5.41, 5.74) is 0.160. The normalized spacial score (nSPS) is 10.3. The minimum atomic E-state index is -1.13. The quantitative estimate of drug-likeness (QED) is 0.937. The van der Waals surface area contributed by atoms with E-state index in [0.717, 1.165) is 30.5 Å². The number of aromatic nitrogens is 1. The van der Waals surface area contributed by atoms with Gasteiger partial charge in [0.25, 0.3) is 5.88 Å². The molecule has 0 spiro atoms. The second-order valence-corrected chi connectivity index (χ2v) is 3.88. The van der Waals surface area contributed by atoms with Gasteiger partial charge < -0.3 is 9.84 Å². The van der Waals surface area contributed by atoms with E-state index in [0.29, 0.717) is 0 Å². The van der Waals surface area contributed by atoms with Crippen molar-refractivity contribution in [1.82, 2.24) is 4.98 Å². The summed E-state index contributed by atoms with van der Waals surface area (Å²) in [5.74, 6) is -4.78. The van der Waals surface area contributed by atoms with Gasteiger partial charge in [-0.2, -0.15) is 0 Å². The Labute approximate surface area is 111 Å². The molecule has 1 N–H and O–H groups in total. The van der Waals surface area contributed by atoms with Gasteiger partial charge in [-0.05, 0) is 23.8 Å². The lowest BCUT2D eigenvalue weighted by Gasteiger charge is -2.07. The third-order valence-corrected chi connectivity index (χ3v) is 2.32. The Morgan fingerprint density at radius 2 is 1.90 bits per heavy atom. The zero-order valence-corrected chi connectivity index (χ0v) is 9.94. The first kappa shape index (κ1) is 13.9. The van der Waals surface area contributed by atoms with Crippen LogP contribution in [0, 0.1) is 17.5 Å². The summed E-state index contributed by atoms with van der Waals surface area (Å²) in [5, 5.41) is 8.56. The highest BCUT2D eigenvalue weighted by Crippen LogP contribution is 2.24. The maximum atomic E-state index is 13.6. The number of hydrogen-bond acceptors (Lipinski definition) is 3. The molecule has 0 bridgehead atoms. The molecule has 0 saturated carbocycles. The van der Waals surface area contributed by atoms with Crippen molar-refractivity contribution in [2.45, 2.75) is 6.42 Å². The zero-order valence-electron chi connectivity index (χ0n) is 9.94. The Morgan fingerprint density at radius 3 is 2.50 bits per heavy atom. The van der Waals surface area contributed by atoms with Gasteiger partial charge in [-0.15, -0.1) is 0 Å². The van der Waals surface area contributed by atoms with E-state index in [1.54, 1.807) is 0 Å². The second kappa shape index (κ2) is 5.60. The van der Waals surface area contributed by atoms with Crippen LogP contribution in [0.25, 0.3) is 0 Å². The van der Waals surface area contributed by atoms with Crippen molar-refractivity contribution in [3.8, 4) is 11.6 Å². The van der Waals surface area contributed by atoms with Crippen molar-refractivity contribution in [3.05, 3.63) is 53.5 Å². The molecule has 0 radical (unpaired) electrons. The fourth-order valence-corrected chi connectivity index (χ4v) is 1.46. The minimum Gasteiger partial charge on any atom is -0.481 e. The van der Waals surface area contributed by atoms with E-state index in [1.807, 2.05) is 0 Å². The lowest BCUT2D eigenvalue weighted by molar-refractivity contribution is -0.136.